The maximum atomic E-state index is 13.2. The molecule has 1 aliphatic heterocycles. The molecule has 0 bridgehead atoms. The van der Waals surface area contributed by atoms with Crippen LogP contribution in [0.5, 0.6) is 5.75 Å². The molecule has 1 fully saturated rings. The van der Waals surface area contributed by atoms with Crippen LogP contribution >= 0.6 is 0 Å². The molecule has 2 N–H and O–H groups in total. The van der Waals surface area contributed by atoms with Gasteiger partial charge in [-0.2, -0.15) is 4.31 Å². The molecule has 3 rings (SSSR count). The third-order valence-electron chi connectivity index (χ3n) is 4.79. The molecule has 162 valence electrons. The van der Waals surface area contributed by atoms with E-state index in [1.165, 1.54) is 48.8 Å². The number of hydrogen-bond acceptors (Lipinski definition) is 6. The highest BCUT2D eigenvalue weighted by molar-refractivity contribution is 7.89. The van der Waals surface area contributed by atoms with Crippen molar-refractivity contribution < 1.29 is 31.8 Å². The van der Waals surface area contributed by atoms with Crippen LogP contribution in [0.1, 0.15) is 12.5 Å². The van der Waals surface area contributed by atoms with Gasteiger partial charge in [-0.05, 0) is 48.9 Å². The molecule has 2 aromatic carbocycles. The second kappa shape index (κ2) is 9.21. The van der Waals surface area contributed by atoms with Crippen molar-refractivity contribution in [3.8, 4) is 5.75 Å². The number of ether oxygens (including phenoxy) is 1. The predicted molar refractivity (Wildman–Crippen MR) is 107 cm³/mol. The van der Waals surface area contributed by atoms with E-state index in [9.17, 15) is 21.8 Å². The molecule has 0 spiro atoms. The molecular weight excluding hydrogens is 435 g/mol. The Labute approximate surface area is 176 Å². The van der Waals surface area contributed by atoms with E-state index in [4.69, 9.17) is 9.94 Å². The van der Waals surface area contributed by atoms with Crippen molar-refractivity contribution >= 4 is 26.7 Å². The average Bonchev–Trinajstić information content (AvgIpc) is 2.73. The second-order valence-corrected chi connectivity index (χ2v) is 10.5. The summed E-state index contributed by atoms with van der Waals surface area (Å²) in [6, 6.07) is 10.2. The Morgan fingerprint density at radius 3 is 2.63 bits per heavy atom. The Bertz CT molecular complexity index is 1050. The monoisotopic (exact) mass is 456 g/mol. The molecule has 0 aromatic heterocycles. The van der Waals surface area contributed by atoms with Gasteiger partial charge in [-0.1, -0.05) is 12.1 Å². The number of carbonyl (C=O) groups excluding carboxylic acids is 1. The van der Waals surface area contributed by atoms with E-state index < -0.39 is 38.0 Å². The summed E-state index contributed by atoms with van der Waals surface area (Å²) in [6.07, 6.45) is 0. The highest BCUT2D eigenvalue weighted by Crippen LogP contribution is 2.26. The summed E-state index contributed by atoms with van der Waals surface area (Å²) >= 11 is 0. The summed E-state index contributed by atoms with van der Waals surface area (Å²) in [7, 11) is -5.49. The van der Waals surface area contributed by atoms with Gasteiger partial charge in [-0.25, -0.2) is 18.3 Å². The van der Waals surface area contributed by atoms with E-state index in [1.54, 1.807) is 12.1 Å². The number of hydroxylamine groups is 1. The Balaban J connectivity index is 1.78. The molecule has 2 aromatic rings. The summed E-state index contributed by atoms with van der Waals surface area (Å²) in [4.78, 5) is 12.0. The van der Waals surface area contributed by atoms with Crippen molar-refractivity contribution in [1.29, 1.82) is 0 Å². The first kappa shape index (κ1) is 22.3. The third-order valence-corrected chi connectivity index (χ3v) is 8.35. The summed E-state index contributed by atoms with van der Waals surface area (Å²) in [6.45, 7) is 1.49. The largest absolute Gasteiger partial charge is 0.489 e. The number of benzene rings is 2. The average molecular weight is 457 g/mol. The second-order valence-electron chi connectivity index (χ2n) is 6.72. The van der Waals surface area contributed by atoms with E-state index in [0.29, 0.717) is 11.3 Å². The van der Waals surface area contributed by atoms with Crippen LogP contribution in [0.15, 0.2) is 53.4 Å². The molecule has 0 aliphatic carbocycles. The summed E-state index contributed by atoms with van der Waals surface area (Å²) in [5, 5.41) is 8.21. The van der Waals surface area contributed by atoms with Gasteiger partial charge in [0.05, 0.1) is 10.1 Å². The minimum atomic E-state index is -4.09. The fraction of sp³-hybridized carbons (Fsp3) is 0.316. The lowest BCUT2D eigenvalue weighted by molar-refractivity contribution is -0.133. The first-order valence-electron chi connectivity index (χ1n) is 9.04. The molecule has 1 amide bonds. The maximum Gasteiger partial charge on any atom is 0.263 e. The Kier molecular flexibility index (Phi) is 6.86. The number of carbonyl (C=O) groups is 1. The van der Waals surface area contributed by atoms with Gasteiger partial charge < -0.3 is 4.74 Å². The molecule has 0 radical (unpaired) electrons. The zero-order chi connectivity index (χ0) is 21.9. The fourth-order valence-electron chi connectivity index (χ4n) is 3.20. The Hall–Kier alpha value is -2.34. The van der Waals surface area contributed by atoms with E-state index in [2.05, 4.69) is 0 Å². The maximum absolute atomic E-state index is 13.2. The SMILES string of the molecule is CC1C(C(=O)NO)N(S(=O)(=O)c2ccc(OCc3cccc(F)c3)cc2)CCS1=O. The first-order valence-corrected chi connectivity index (χ1v) is 11.9. The van der Waals surface area contributed by atoms with Gasteiger partial charge in [0.25, 0.3) is 5.91 Å². The van der Waals surface area contributed by atoms with E-state index >= 15 is 0 Å². The summed E-state index contributed by atoms with van der Waals surface area (Å²) < 4.78 is 58.0. The number of amides is 1. The van der Waals surface area contributed by atoms with Crippen molar-refractivity contribution in [1.82, 2.24) is 9.79 Å². The number of nitrogens with one attached hydrogen (secondary N) is 1. The topological polar surface area (TPSA) is 113 Å². The minimum Gasteiger partial charge on any atom is -0.489 e. The Morgan fingerprint density at radius 2 is 2.00 bits per heavy atom. The lowest BCUT2D eigenvalue weighted by atomic mass is 10.2. The molecule has 30 heavy (non-hydrogen) atoms. The van der Waals surface area contributed by atoms with Crippen molar-refractivity contribution in [2.45, 2.75) is 29.7 Å². The molecule has 11 heteroatoms. The zero-order valence-corrected chi connectivity index (χ0v) is 17.7. The van der Waals surface area contributed by atoms with Gasteiger partial charge in [-0.3, -0.25) is 14.2 Å². The van der Waals surface area contributed by atoms with Crippen LogP contribution in [0.4, 0.5) is 4.39 Å². The lowest BCUT2D eigenvalue weighted by Gasteiger charge is -2.36. The smallest absolute Gasteiger partial charge is 0.263 e. The van der Waals surface area contributed by atoms with Crippen LogP contribution < -0.4 is 10.2 Å². The molecule has 0 saturated carbocycles. The number of nitrogens with zero attached hydrogens (tertiary/aromatic N) is 1. The van der Waals surface area contributed by atoms with E-state index in [1.807, 2.05) is 0 Å². The number of rotatable bonds is 6. The highest BCUT2D eigenvalue weighted by Gasteiger charge is 2.44. The van der Waals surface area contributed by atoms with Crippen molar-refractivity contribution in [3.05, 3.63) is 59.9 Å². The predicted octanol–water partition coefficient (Wildman–Crippen LogP) is 1.42. The van der Waals surface area contributed by atoms with Gasteiger partial charge in [0.15, 0.2) is 0 Å². The van der Waals surface area contributed by atoms with Crippen LogP contribution in [0, 0.1) is 5.82 Å². The molecule has 1 saturated heterocycles. The van der Waals surface area contributed by atoms with Crippen molar-refractivity contribution in [2.24, 2.45) is 0 Å². The van der Waals surface area contributed by atoms with Gasteiger partial charge in [0.2, 0.25) is 10.0 Å². The van der Waals surface area contributed by atoms with Crippen LogP contribution in [0.3, 0.4) is 0 Å². The molecule has 1 aliphatic rings. The van der Waals surface area contributed by atoms with E-state index in [0.717, 1.165) is 4.31 Å². The summed E-state index contributed by atoms with van der Waals surface area (Å²) in [5.41, 5.74) is 2.08. The number of sulfonamides is 1. The first-order chi connectivity index (χ1) is 14.2. The number of hydrogen-bond donors (Lipinski definition) is 2. The molecule has 3 unspecified atom stereocenters. The standard InChI is InChI=1S/C19H21FN2O6S2/c1-13-18(19(23)21-24)22(9-10-29(13)25)30(26,27)17-7-5-16(6-8-17)28-12-14-3-2-4-15(20)11-14/h2-8,11,13,18,24H,9-10,12H2,1H3,(H,21,23). The molecule has 1 heterocycles. The highest BCUT2D eigenvalue weighted by atomic mass is 32.2. The van der Waals surface area contributed by atoms with Gasteiger partial charge >= 0.3 is 0 Å². The van der Waals surface area contributed by atoms with Crippen LogP contribution in [-0.4, -0.2) is 51.6 Å². The van der Waals surface area contributed by atoms with Crippen molar-refractivity contribution in [2.75, 3.05) is 12.3 Å². The van der Waals surface area contributed by atoms with Crippen LogP contribution in [-0.2, 0) is 32.2 Å². The Morgan fingerprint density at radius 1 is 1.30 bits per heavy atom. The molecule has 8 nitrogen and oxygen atoms in total. The van der Waals surface area contributed by atoms with Gasteiger partial charge in [-0.15, -0.1) is 0 Å². The summed E-state index contributed by atoms with van der Waals surface area (Å²) in [5.74, 6) is -0.842. The minimum absolute atomic E-state index is 0.0729. The molecular formula is C19H21FN2O6S2. The van der Waals surface area contributed by atoms with Crippen molar-refractivity contribution in [3.63, 3.8) is 0 Å². The van der Waals surface area contributed by atoms with Gasteiger partial charge in [0, 0.05) is 23.1 Å². The van der Waals surface area contributed by atoms with Crippen LogP contribution in [0.25, 0.3) is 0 Å². The molecule has 3 atom stereocenters. The number of halogens is 1. The fourth-order valence-corrected chi connectivity index (χ4v) is 6.36. The van der Waals surface area contributed by atoms with Crippen LogP contribution in [0.2, 0.25) is 0 Å². The normalized spacial score (nSPS) is 22.4. The quantitative estimate of drug-likeness (QED) is 0.502. The zero-order valence-electron chi connectivity index (χ0n) is 16.0. The third kappa shape index (κ3) is 4.69. The van der Waals surface area contributed by atoms with Gasteiger partial charge in [0.1, 0.15) is 24.2 Å². The van der Waals surface area contributed by atoms with E-state index in [-0.39, 0.29) is 29.6 Å². The lowest BCUT2D eigenvalue weighted by Crippen LogP contribution is -2.59.